The number of nitrogens with two attached hydrogens (primary N) is 2. The van der Waals surface area contributed by atoms with E-state index in [1.807, 2.05) is 0 Å². The Labute approximate surface area is 98.1 Å². The van der Waals surface area contributed by atoms with Gasteiger partial charge >= 0.3 is 0 Å². The Morgan fingerprint density at radius 1 is 1.41 bits per heavy atom. The lowest BCUT2D eigenvalue weighted by atomic mass is 10.1. The number of nitro benzene ring substituents is 1. The predicted molar refractivity (Wildman–Crippen MR) is 63.9 cm³/mol. The van der Waals surface area contributed by atoms with Crippen LogP contribution in [0.1, 0.15) is 12.0 Å². The molecule has 0 heterocycles. The first-order valence-electron chi connectivity index (χ1n) is 4.95. The molecule has 1 unspecified atom stereocenters. The van der Waals surface area contributed by atoms with Crippen LogP contribution in [0.4, 0.5) is 5.69 Å². The van der Waals surface area contributed by atoms with E-state index in [1.165, 1.54) is 12.1 Å². The molecule has 0 saturated carbocycles. The van der Waals surface area contributed by atoms with Crippen LogP contribution in [0, 0.1) is 10.1 Å². The molecule has 1 rings (SSSR count). The van der Waals surface area contributed by atoms with Gasteiger partial charge in [-0.2, -0.15) is 0 Å². The van der Waals surface area contributed by atoms with Crippen molar-refractivity contribution in [1.82, 2.24) is 0 Å². The van der Waals surface area contributed by atoms with Gasteiger partial charge in [-0.25, -0.2) is 0 Å². The first-order chi connectivity index (χ1) is 7.99. The highest BCUT2D eigenvalue weighted by Crippen LogP contribution is 2.13. The van der Waals surface area contributed by atoms with E-state index in [2.05, 4.69) is 0 Å². The SMILES string of the molecule is NC(=O)CC(N)/C=C/c1ccc([N+](=O)[O-])cc1. The lowest BCUT2D eigenvalue weighted by Crippen LogP contribution is -2.25. The summed E-state index contributed by atoms with van der Waals surface area (Å²) in [5.74, 6) is -0.467. The highest BCUT2D eigenvalue weighted by Gasteiger charge is 2.04. The van der Waals surface area contributed by atoms with Gasteiger partial charge in [0.05, 0.1) is 4.92 Å². The summed E-state index contributed by atoms with van der Waals surface area (Å²) in [6.45, 7) is 0. The molecule has 0 spiro atoms. The molecule has 6 heteroatoms. The summed E-state index contributed by atoms with van der Waals surface area (Å²) in [6, 6.07) is 5.57. The van der Waals surface area contributed by atoms with Crippen molar-refractivity contribution >= 4 is 17.7 Å². The van der Waals surface area contributed by atoms with Crippen LogP contribution in [0.15, 0.2) is 30.3 Å². The topological polar surface area (TPSA) is 112 Å². The number of hydrogen-bond donors (Lipinski definition) is 2. The smallest absolute Gasteiger partial charge is 0.269 e. The maximum absolute atomic E-state index is 10.6. The minimum absolute atomic E-state index is 0.0311. The maximum atomic E-state index is 10.6. The van der Waals surface area contributed by atoms with Crippen LogP contribution in [0.3, 0.4) is 0 Å². The van der Waals surface area contributed by atoms with Crippen LogP contribution in [0.5, 0.6) is 0 Å². The lowest BCUT2D eigenvalue weighted by molar-refractivity contribution is -0.384. The number of rotatable bonds is 5. The van der Waals surface area contributed by atoms with Gasteiger partial charge in [-0.05, 0) is 17.7 Å². The van der Waals surface area contributed by atoms with Gasteiger partial charge in [0.25, 0.3) is 5.69 Å². The van der Waals surface area contributed by atoms with Gasteiger partial charge in [-0.3, -0.25) is 14.9 Å². The van der Waals surface area contributed by atoms with Gasteiger partial charge < -0.3 is 11.5 Å². The summed E-state index contributed by atoms with van der Waals surface area (Å²) >= 11 is 0. The largest absolute Gasteiger partial charge is 0.370 e. The van der Waals surface area contributed by atoms with E-state index in [0.29, 0.717) is 0 Å². The molecule has 0 aliphatic carbocycles. The van der Waals surface area contributed by atoms with E-state index in [0.717, 1.165) is 5.56 Å². The van der Waals surface area contributed by atoms with Gasteiger partial charge in [0.1, 0.15) is 0 Å². The Balaban J connectivity index is 2.65. The molecule has 0 aromatic heterocycles. The van der Waals surface area contributed by atoms with Crippen LogP contribution < -0.4 is 11.5 Å². The molecule has 0 saturated heterocycles. The molecule has 1 amide bonds. The quantitative estimate of drug-likeness (QED) is 0.580. The summed E-state index contributed by atoms with van der Waals surface area (Å²) in [4.78, 5) is 20.5. The zero-order valence-electron chi connectivity index (χ0n) is 9.08. The van der Waals surface area contributed by atoms with Gasteiger partial charge in [-0.1, -0.05) is 12.2 Å². The number of carbonyl (C=O) groups is 1. The molecule has 0 radical (unpaired) electrons. The van der Waals surface area contributed by atoms with Crippen molar-refractivity contribution in [1.29, 1.82) is 0 Å². The maximum Gasteiger partial charge on any atom is 0.269 e. The summed E-state index contributed by atoms with van der Waals surface area (Å²) in [5.41, 5.74) is 11.4. The Morgan fingerprint density at radius 2 is 2.00 bits per heavy atom. The highest BCUT2D eigenvalue weighted by molar-refractivity contribution is 5.75. The zero-order valence-corrected chi connectivity index (χ0v) is 9.08. The van der Waals surface area contributed by atoms with Crippen molar-refractivity contribution in [3.63, 3.8) is 0 Å². The fraction of sp³-hybridized carbons (Fsp3) is 0.182. The predicted octanol–water partition coefficient (Wildman–Crippen LogP) is 0.811. The number of nitro groups is 1. The van der Waals surface area contributed by atoms with Crippen LogP contribution in [-0.2, 0) is 4.79 Å². The second-order valence-corrected chi connectivity index (χ2v) is 3.54. The Hall–Kier alpha value is -2.21. The van der Waals surface area contributed by atoms with E-state index in [9.17, 15) is 14.9 Å². The molecule has 1 aromatic rings. The monoisotopic (exact) mass is 235 g/mol. The van der Waals surface area contributed by atoms with Crippen molar-refractivity contribution in [3.8, 4) is 0 Å². The number of amides is 1. The third-order valence-corrected chi connectivity index (χ3v) is 2.08. The van der Waals surface area contributed by atoms with Gasteiger partial charge in [0, 0.05) is 24.6 Å². The Morgan fingerprint density at radius 3 is 2.47 bits per heavy atom. The molecule has 0 fully saturated rings. The molecule has 0 bridgehead atoms. The third-order valence-electron chi connectivity index (χ3n) is 2.08. The second kappa shape index (κ2) is 5.76. The second-order valence-electron chi connectivity index (χ2n) is 3.54. The molecular formula is C11H13N3O3. The highest BCUT2D eigenvalue weighted by atomic mass is 16.6. The average molecular weight is 235 g/mol. The standard InChI is InChI=1S/C11H13N3O3/c12-9(7-11(13)15)4-1-8-2-5-10(6-3-8)14(16)17/h1-6,9H,7,12H2,(H2,13,15)/b4-1+. The van der Waals surface area contributed by atoms with Crippen molar-refractivity contribution in [2.24, 2.45) is 11.5 Å². The molecule has 0 aliphatic heterocycles. The van der Waals surface area contributed by atoms with Crippen LogP contribution in [-0.4, -0.2) is 16.9 Å². The first kappa shape index (κ1) is 12.9. The van der Waals surface area contributed by atoms with Crippen molar-refractivity contribution < 1.29 is 9.72 Å². The number of nitrogens with zero attached hydrogens (tertiary/aromatic N) is 1. The average Bonchev–Trinajstić information content (AvgIpc) is 2.26. The van der Waals surface area contributed by atoms with Crippen molar-refractivity contribution in [2.45, 2.75) is 12.5 Å². The third kappa shape index (κ3) is 4.43. The van der Waals surface area contributed by atoms with E-state index in [-0.39, 0.29) is 12.1 Å². The first-order valence-corrected chi connectivity index (χ1v) is 4.95. The molecule has 1 atom stereocenters. The van der Waals surface area contributed by atoms with E-state index in [1.54, 1.807) is 24.3 Å². The van der Waals surface area contributed by atoms with Crippen molar-refractivity contribution in [3.05, 3.63) is 46.0 Å². The fourth-order valence-electron chi connectivity index (χ4n) is 1.24. The Bertz CT molecular complexity index is 440. The summed E-state index contributed by atoms with van der Waals surface area (Å²) in [7, 11) is 0. The molecule has 1 aromatic carbocycles. The fourth-order valence-corrected chi connectivity index (χ4v) is 1.24. The summed E-state index contributed by atoms with van der Waals surface area (Å²) < 4.78 is 0. The van der Waals surface area contributed by atoms with Gasteiger partial charge in [0.2, 0.25) is 5.91 Å². The molecule has 0 aliphatic rings. The molecule has 6 nitrogen and oxygen atoms in total. The summed E-state index contributed by atoms with van der Waals surface area (Å²) in [6.07, 6.45) is 3.40. The zero-order chi connectivity index (χ0) is 12.8. The number of non-ortho nitro benzene ring substituents is 1. The Kier molecular flexibility index (Phi) is 4.36. The number of primary amides is 1. The minimum atomic E-state index is -0.467. The van der Waals surface area contributed by atoms with Crippen LogP contribution in [0.2, 0.25) is 0 Å². The van der Waals surface area contributed by atoms with Crippen LogP contribution in [0.25, 0.3) is 6.08 Å². The molecular weight excluding hydrogens is 222 g/mol. The van der Waals surface area contributed by atoms with E-state index >= 15 is 0 Å². The molecule has 90 valence electrons. The van der Waals surface area contributed by atoms with Crippen LogP contribution >= 0.6 is 0 Å². The molecule has 4 N–H and O–H groups in total. The number of carbonyl (C=O) groups excluding carboxylic acids is 1. The lowest BCUT2D eigenvalue weighted by Gasteiger charge is -2.01. The van der Waals surface area contributed by atoms with E-state index in [4.69, 9.17) is 11.5 Å². The number of hydrogen-bond acceptors (Lipinski definition) is 4. The number of benzene rings is 1. The van der Waals surface area contributed by atoms with E-state index < -0.39 is 16.9 Å². The minimum Gasteiger partial charge on any atom is -0.370 e. The summed E-state index contributed by atoms with van der Waals surface area (Å²) in [5, 5.41) is 10.4. The molecule has 17 heavy (non-hydrogen) atoms. The normalized spacial score (nSPS) is 12.5. The van der Waals surface area contributed by atoms with Gasteiger partial charge in [-0.15, -0.1) is 0 Å². The van der Waals surface area contributed by atoms with Crippen molar-refractivity contribution in [2.75, 3.05) is 0 Å². The van der Waals surface area contributed by atoms with Gasteiger partial charge in [0.15, 0.2) is 0 Å².